The molecule has 0 atom stereocenters. The van der Waals surface area contributed by atoms with Gasteiger partial charge in [-0.25, -0.2) is 17.7 Å². The number of rotatable bonds is 6. The van der Waals surface area contributed by atoms with Crippen molar-refractivity contribution in [3.63, 3.8) is 0 Å². The number of fused-ring (bicyclic) bond motifs is 1. The van der Waals surface area contributed by atoms with Gasteiger partial charge in [-0.3, -0.25) is 4.79 Å². The summed E-state index contributed by atoms with van der Waals surface area (Å²) in [5.74, 6) is 0.156. The summed E-state index contributed by atoms with van der Waals surface area (Å²) >= 11 is 1.18. The molecular formula is C16H17N3O4S2. The summed E-state index contributed by atoms with van der Waals surface area (Å²) in [5, 5.41) is 0.331. The molecule has 0 bridgehead atoms. The monoisotopic (exact) mass is 379 g/mol. The number of benzene rings is 1. The third-order valence-corrected chi connectivity index (χ3v) is 6.31. The van der Waals surface area contributed by atoms with Gasteiger partial charge in [0.1, 0.15) is 5.52 Å². The van der Waals surface area contributed by atoms with Crippen LogP contribution in [0.2, 0.25) is 0 Å². The largest absolute Gasteiger partial charge is 0.431 e. The van der Waals surface area contributed by atoms with E-state index in [9.17, 15) is 13.2 Å². The minimum Gasteiger partial charge on any atom is -0.431 e. The molecule has 2 heterocycles. The Kier molecular flexibility index (Phi) is 4.72. The summed E-state index contributed by atoms with van der Waals surface area (Å²) < 4.78 is 32.8. The second-order valence-corrected chi connectivity index (χ2v) is 8.69. The smallest absolute Gasteiger partial charge is 0.257 e. The van der Waals surface area contributed by atoms with E-state index in [1.807, 2.05) is 19.3 Å². The van der Waals surface area contributed by atoms with Crippen molar-refractivity contribution in [2.45, 2.75) is 10.1 Å². The summed E-state index contributed by atoms with van der Waals surface area (Å²) in [6.45, 7) is 0. The molecule has 0 amide bonds. The number of carbonyl (C=O) groups is 1. The Morgan fingerprint density at radius 1 is 1.32 bits per heavy atom. The molecule has 0 aliphatic heterocycles. The molecule has 0 aliphatic rings. The predicted molar refractivity (Wildman–Crippen MR) is 95.3 cm³/mol. The third-order valence-electron chi connectivity index (χ3n) is 3.67. The van der Waals surface area contributed by atoms with Gasteiger partial charge in [0.15, 0.2) is 11.4 Å². The average Bonchev–Trinajstić information content (AvgIpc) is 3.17. The zero-order chi connectivity index (χ0) is 18.2. The van der Waals surface area contributed by atoms with Gasteiger partial charge < -0.3 is 8.98 Å². The van der Waals surface area contributed by atoms with Crippen molar-refractivity contribution in [3.05, 3.63) is 42.2 Å². The lowest BCUT2D eigenvalue weighted by Crippen LogP contribution is -2.22. The normalized spacial score (nSPS) is 12.2. The number of sulfonamides is 1. The molecule has 3 rings (SSSR count). The standard InChI is InChI=1S/C16H17N3O4S2/c1-18(2)25(21,22)11-6-7-15-12(9-11)17-16(23-15)24-10-14(20)13-5-4-8-19(13)3/h4-9H,10H2,1-3H3. The molecule has 0 N–H and O–H groups in total. The van der Waals surface area contributed by atoms with Crippen LogP contribution in [0.25, 0.3) is 11.1 Å². The van der Waals surface area contributed by atoms with Crippen LogP contribution in [0.4, 0.5) is 0 Å². The summed E-state index contributed by atoms with van der Waals surface area (Å²) in [4.78, 5) is 16.6. The highest BCUT2D eigenvalue weighted by molar-refractivity contribution is 7.99. The lowest BCUT2D eigenvalue weighted by Gasteiger charge is -2.10. The molecule has 0 radical (unpaired) electrons. The highest BCUT2D eigenvalue weighted by Crippen LogP contribution is 2.26. The van der Waals surface area contributed by atoms with E-state index in [-0.39, 0.29) is 16.4 Å². The van der Waals surface area contributed by atoms with Crippen LogP contribution in [0, 0.1) is 0 Å². The van der Waals surface area contributed by atoms with Crippen LogP contribution in [-0.2, 0) is 17.1 Å². The van der Waals surface area contributed by atoms with Crippen LogP contribution in [-0.4, -0.2) is 47.9 Å². The average molecular weight is 379 g/mol. The molecule has 9 heteroatoms. The first-order chi connectivity index (χ1) is 11.8. The fraction of sp³-hybridized carbons (Fsp3) is 0.250. The summed E-state index contributed by atoms with van der Waals surface area (Å²) in [6.07, 6.45) is 1.81. The molecule has 0 spiro atoms. The van der Waals surface area contributed by atoms with Gasteiger partial charge in [-0.1, -0.05) is 11.8 Å². The Bertz CT molecular complexity index is 1030. The van der Waals surface area contributed by atoms with Crippen molar-refractivity contribution in [2.24, 2.45) is 7.05 Å². The fourth-order valence-electron chi connectivity index (χ4n) is 2.27. The van der Waals surface area contributed by atoms with Crippen molar-refractivity contribution in [1.82, 2.24) is 13.9 Å². The second kappa shape index (κ2) is 6.66. The molecule has 0 saturated heterocycles. The molecular weight excluding hydrogens is 362 g/mol. The number of thioether (sulfide) groups is 1. The van der Waals surface area contributed by atoms with E-state index in [1.54, 1.807) is 16.7 Å². The molecule has 0 saturated carbocycles. The van der Waals surface area contributed by atoms with E-state index in [4.69, 9.17) is 4.42 Å². The van der Waals surface area contributed by atoms with Crippen LogP contribution >= 0.6 is 11.8 Å². The minimum atomic E-state index is -3.53. The van der Waals surface area contributed by atoms with E-state index in [0.29, 0.717) is 22.0 Å². The van der Waals surface area contributed by atoms with Crippen LogP contribution < -0.4 is 0 Å². The Balaban J connectivity index is 1.80. The topological polar surface area (TPSA) is 85.4 Å². The van der Waals surface area contributed by atoms with E-state index >= 15 is 0 Å². The molecule has 0 aliphatic carbocycles. The van der Waals surface area contributed by atoms with Gasteiger partial charge in [-0.05, 0) is 30.3 Å². The molecule has 0 fully saturated rings. The van der Waals surface area contributed by atoms with Gasteiger partial charge in [0.05, 0.1) is 16.3 Å². The van der Waals surface area contributed by atoms with Crippen molar-refractivity contribution >= 4 is 38.7 Å². The van der Waals surface area contributed by atoms with Gasteiger partial charge in [-0.15, -0.1) is 0 Å². The van der Waals surface area contributed by atoms with Crippen molar-refractivity contribution in [1.29, 1.82) is 0 Å². The van der Waals surface area contributed by atoms with Crippen LogP contribution in [0.15, 0.2) is 51.1 Å². The summed E-state index contributed by atoms with van der Waals surface area (Å²) in [7, 11) is 1.22. The first kappa shape index (κ1) is 17.7. The number of aryl methyl sites for hydroxylation is 1. The fourth-order valence-corrected chi connectivity index (χ4v) is 3.91. The Labute approximate surface area is 149 Å². The maximum atomic E-state index is 12.2. The first-order valence-electron chi connectivity index (χ1n) is 7.39. The van der Waals surface area contributed by atoms with E-state index in [0.717, 1.165) is 4.31 Å². The molecule has 25 heavy (non-hydrogen) atoms. The maximum absolute atomic E-state index is 12.2. The maximum Gasteiger partial charge on any atom is 0.257 e. The highest BCUT2D eigenvalue weighted by atomic mass is 32.2. The molecule has 3 aromatic rings. The number of carbonyl (C=O) groups excluding carboxylic acids is 1. The number of hydrogen-bond donors (Lipinski definition) is 0. The minimum absolute atomic E-state index is 0.0318. The number of ketones is 1. The van der Waals surface area contributed by atoms with Crippen LogP contribution in [0.5, 0.6) is 0 Å². The van der Waals surface area contributed by atoms with Gasteiger partial charge in [-0.2, -0.15) is 0 Å². The van der Waals surface area contributed by atoms with E-state index < -0.39 is 10.0 Å². The Hall–Kier alpha value is -2.10. The zero-order valence-electron chi connectivity index (χ0n) is 14.0. The number of hydrogen-bond acceptors (Lipinski definition) is 6. The van der Waals surface area contributed by atoms with Crippen LogP contribution in [0.1, 0.15) is 10.5 Å². The second-order valence-electron chi connectivity index (χ2n) is 5.61. The van der Waals surface area contributed by atoms with E-state index in [2.05, 4.69) is 4.98 Å². The lowest BCUT2D eigenvalue weighted by molar-refractivity contribution is 0.101. The number of nitrogens with zero attached hydrogens (tertiary/aromatic N) is 3. The molecule has 1 aromatic carbocycles. The molecule has 7 nitrogen and oxygen atoms in total. The lowest BCUT2D eigenvalue weighted by atomic mass is 10.3. The number of Topliss-reactive ketones (excluding diaryl/α,β-unsaturated/α-hetero) is 1. The quantitative estimate of drug-likeness (QED) is 0.483. The third kappa shape index (κ3) is 3.48. The Morgan fingerprint density at radius 3 is 2.72 bits per heavy atom. The number of aromatic nitrogens is 2. The zero-order valence-corrected chi connectivity index (χ0v) is 15.6. The van der Waals surface area contributed by atoms with Gasteiger partial charge in [0.25, 0.3) is 5.22 Å². The SMILES string of the molecule is CN(C)S(=O)(=O)c1ccc2oc(SCC(=O)c3cccn3C)nc2c1. The highest BCUT2D eigenvalue weighted by Gasteiger charge is 2.19. The van der Waals surface area contributed by atoms with Crippen molar-refractivity contribution < 1.29 is 17.6 Å². The van der Waals surface area contributed by atoms with Crippen LogP contribution in [0.3, 0.4) is 0 Å². The first-order valence-corrected chi connectivity index (χ1v) is 9.82. The van der Waals surface area contributed by atoms with Gasteiger partial charge >= 0.3 is 0 Å². The molecule has 2 aromatic heterocycles. The number of oxazole rings is 1. The van der Waals surface area contributed by atoms with Crippen molar-refractivity contribution in [3.8, 4) is 0 Å². The molecule has 132 valence electrons. The van der Waals surface area contributed by atoms with E-state index in [1.165, 1.54) is 38.0 Å². The summed E-state index contributed by atoms with van der Waals surface area (Å²) in [6, 6.07) is 8.09. The predicted octanol–water partition coefficient (Wildman–Crippen LogP) is 2.39. The van der Waals surface area contributed by atoms with Gasteiger partial charge in [0.2, 0.25) is 10.0 Å². The Morgan fingerprint density at radius 2 is 2.08 bits per heavy atom. The van der Waals surface area contributed by atoms with Gasteiger partial charge in [0, 0.05) is 27.3 Å². The summed E-state index contributed by atoms with van der Waals surface area (Å²) in [5.41, 5.74) is 1.53. The van der Waals surface area contributed by atoms with Crippen molar-refractivity contribution in [2.75, 3.05) is 19.8 Å². The molecule has 0 unspecified atom stereocenters.